The number of aromatic nitrogens is 5. The normalized spacial score (nSPS) is 14.9. The van der Waals surface area contributed by atoms with Gasteiger partial charge in [0.1, 0.15) is 5.69 Å². The van der Waals surface area contributed by atoms with Gasteiger partial charge in [0.15, 0.2) is 5.69 Å². The molecule has 11 heteroatoms. The molecule has 1 amide bonds. The Kier molecular flexibility index (Phi) is 6.32. The SMILES string of the molecule is CCc1ccc(/C=N/NC(=O)c2c(CN3CCCCC3)nnn2-c2nonc2N)cc1. The van der Waals surface area contributed by atoms with E-state index in [-0.39, 0.29) is 17.3 Å². The zero-order chi connectivity index (χ0) is 21.6. The lowest BCUT2D eigenvalue weighted by Crippen LogP contribution is -2.31. The van der Waals surface area contributed by atoms with Gasteiger partial charge in [0.05, 0.1) is 6.21 Å². The van der Waals surface area contributed by atoms with Crippen LogP contribution in [0.5, 0.6) is 0 Å². The lowest BCUT2D eigenvalue weighted by molar-refractivity contribution is 0.0944. The van der Waals surface area contributed by atoms with E-state index in [1.165, 1.54) is 16.7 Å². The summed E-state index contributed by atoms with van der Waals surface area (Å²) in [6.45, 7) is 4.50. The number of carbonyl (C=O) groups is 1. The van der Waals surface area contributed by atoms with Crippen molar-refractivity contribution < 1.29 is 9.42 Å². The van der Waals surface area contributed by atoms with Gasteiger partial charge in [-0.3, -0.25) is 9.69 Å². The fraction of sp³-hybridized carbons (Fsp3) is 0.400. The van der Waals surface area contributed by atoms with Crippen molar-refractivity contribution in [2.45, 2.75) is 39.2 Å². The number of hydrogen-bond acceptors (Lipinski definition) is 9. The maximum absolute atomic E-state index is 13.0. The van der Waals surface area contributed by atoms with Crippen molar-refractivity contribution >= 4 is 17.9 Å². The second-order valence-corrected chi connectivity index (χ2v) is 7.40. The van der Waals surface area contributed by atoms with Gasteiger partial charge < -0.3 is 5.73 Å². The summed E-state index contributed by atoms with van der Waals surface area (Å²) in [5.41, 5.74) is 11.2. The van der Waals surface area contributed by atoms with E-state index in [0.29, 0.717) is 12.2 Å². The van der Waals surface area contributed by atoms with Crippen LogP contribution < -0.4 is 11.2 Å². The van der Waals surface area contributed by atoms with E-state index in [0.717, 1.165) is 37.9 Å². The first-order chi connectivity index (χ1) is 15.2. The fourth-order valence-corrected chi connectivity index (χ4v) is 3.52. The Balaban J connectivity index is 1.56. The van der Waals surface area contributed by atoms with Gasteiger partial charge in [-0.25, -0.2) is 10.1 Å². The number of piperidine rings is 1. The Hall–Kier alpha value is -3.60. The van der Waals surface area contributed by atoms with Crippen LogP contribution in [0.3, 0.4) is 0 Å². The van der Waals surface area contributed by atoms with E-state index in [2.05, 4.69) is 47.6 Å². The zero-order valence-corrected chi connectivity index (χ0v) is 17.4. The third kappa shape index (κ3) is 4.77. The molecule has 3 aromatic rings. The van der Waals surface area contributed by atoms with Gasteiger partial charge in [0.25, 0.3) is 5.91 Å². The lowest BCUT2D eigenvalue weighted by Gasteiger charge is -2.25. The Morgan fingerprint density at radius 1 is 1.23 bits per heavy atom. The molecule has 162 valence electrons. The number of anilines is 1. The van der Waals surface area contributed by atoms with Crippen LogP contribution in [0, 0.1) is 0 Å². The minimum atomic E-state index is -0.471. The third-order valence-corrected chi connectivity index (χ3v) is 5.24. The number of aryl methyl sites for hydroxylation is 1. The molecule has 0 bridgehead atoms. The van der Waals surface area contributed by atoms with Crippen LogP contribution in [0.15, 0.2) is 34.0 Å². The van der Waals surface area contributed by atoms with Gasteiger partial charge in [-0.1, -0.05) is 42.8 Å². The van der Waals surface area contributed by atoms with Gasteiger partial charge in [-0.05, 0) is 53.8 Å². The summed E-state index contributed by atoms with van der Waals surface area (Å²) < 4.78 is 5.91. The molecule has 1 saturated heterocycles. The molecule has 0 saturated carbocycles. The van der Waals surface area contributed by atoms with Crippen LogP contribution in [0.2, 0.25) is 0 Å². The number of carbonyl (C=O) groups excluding carboxylic acids is 1. The average Bonchev–Trinajstić information content (AvgIpc) is 3.40. The third-order valence-electron chi connectivity index (χ3n) is 5.24. The van der Waals surface area contributed by atoms with Crippen molar-refractivity contribution in [2.75, 3.05) is 18.8 Å². The predicted molar refractivity (Wildman–Crippen MR) is 114 cm³/mol. The average molecular weight is 423 g/mol. The highest BCUT2D eigenvalue weighted by molar-refractivity contribution is 5.95. The highest BCUT2D eigenvalue weighted by Crippen LogP contribution is 2.19. The summed E-state index contributed by atoms with van der Waals surface area (Å²) in [5, 5.41) is 19.7. The van der Waals surface area contributed by atoms with Crippen molar-refractivity contribution in [2.24, 2.45) is 5.10 Å². The summed E-state index contributed by atoms with van der Waals surface area (Å²) in [6.07, 6.45) is 6.01. The highest BCUT2D eigenvalue weighted by atomic mass is 16.6. The molecule has 3 N–H and O–H groups in total. The van der Waals surface area contributed by atoms with Crippen LogP contribution in [0.4, 0.5) is 5.82 Å². The fourth-order valence-electron chi connectivity index (χ4n) is 3.52. The van der Waals surface area contributed by atoms with Crippen molar-refractivity contribution in [3.05, 3.63) is 46.8 Å². The molecule has 0 atom stereocenters. The maximum Gasteiger partial charge on any atom is 0.292 e. The summed E-state index contributed by atoms with van der Waals surface area (Å²) in [6, 6.07) is 7.95. The van der Waals surface area contributed by atoms with Gasteiger partial charge in [0, 0.05) is 6.54 Å². The number of benzene rings is 1. The predicted octanol–water partition coefficient (Wildman–Crippen LogP) is 1.54. The molecule has 3 heterocycles. The summed E-state index contributed by atoms with van der Waals surface area (Å²) in [5.74, 6) is -0.342. The van der Waals surface area contributed by atoms with Crippen molar-refractivity contribution in [1.29, 1.82) is 0 Å². The van der Waals surface area contributed by atoms with E-state index in [4.69, 9.17) is 5.73 Å². The van der Waals surface area contributed by atoms with E-state index in [1.807, 2.05) is 24.3 Å². The second kappa shape index (κ2) is 9.47. The molecule has 1 aromatic carbocycles. The van der Waals surface area contributed by atoms with Gasteiger partial charge in [-0.2, -0.15) is 9.78 Å². The number of hydrazone groups is 1. The number of amides is 1. The molecule has 11 nitrogen and oxygen atoms in total. The van der Waals surface area contributed by atoms with Gasteiger partial charge >= 0.3 is 0 Å². The number of likely N-dealkylation sites (tertiary alicyclic amines) is 1. The Labute approximate surface area is 179 Å². The molecule has 1 aliphatic rings. The number of hydrogen-bond donors (Lipinski definition) is 2. The van der Waals surface area contributed by atoms with E-state index in [1.54, 1.807) is 6.21 Å². The van der Waals surface area contributed by atoms with E-state index in [9.17, 15) is 4.79 Å². The number of nitrogens with zero attached hydrogens (tertiary/aromatic N) is 7. The Bertz CT molecular complexity index is 1050. The number of nitrogens with two attached hydrogens (primary N) is 1. The number of nitrogen functional groups attached to an aromatic ring is 1. The number of rotatable bonds is 7. The van der Waals surface area contributed by atoms with Crippen molar-refractivity contribution in [1.82, 2.24) is 35.6 Å². The Morgan fingerprint density at radius 2 is 2.00 bits per heavy atom. The smallest absolute Gasteiger partial charge is 0.292 e. The molecule has 1 aliphatic heterocycles. The first kappa shape index (κ1) is 20.7. The first-order valence-electron chi connectivity index (χ1n) is 10.3. The molecule has 0 radical (unpaired) electrons. The summed E-state index contributed by atoms with van der Waals surface area (Å²) in [7, 11) is 0. The summed E-state index contributed by atoms with van der Waals surface area (Å²) >= 11 is 0. The zero-order valence-electron chi connectivity index (χ0n) is 17.4. The van der Waals surface area contributed by atoms with E-state index >= 15 is 0 Å². The van der Waals surface area contributed by atoms with Crippen LogP contribution in [-0.2, 0) is 13.0 Å². The lowest BCUT2D eigenvalue weighted by atomic mass is 10.1. The standard InChI is InChI=1S/C20H25N9O2/c1-2-14-6-8-15(9-7-14)12-22-24-20(30)17-16(13-28-10-4-3-5-11-28)23-27-29(17)19-18(21)25-31-26-19/h6-9,12H,2-5,10-11,13H2,1H3,(H2,21,25)(H,24,30)/b22-12+. The van der Waals surface area contributed by atoms with Gasteiger partial charge in [-0.15, -0.1) is 5.10 Å². The minimum Gasteiger partial charge on any atom is -0.378 e. The molecule has 2 aromatic heterocycles. The van der Waals surface area contributed by atoms with E-state index < -0.39 is 5.91 Å². The molecular formula is C20H25N9O2. The quantitative estimate of drug-likeness (QED) is 0.431. The molecule has 1 fully saturated rings. The van der Waals surface area contributed by atoms with Crippen LogP contribution in [-0.4, -0.2) is 55.4 Å². The monoisotopic (exact) mass is 423 g/mol. The summed E-state index contributed by atoms with van der Waals surface area (Å²) in [4.78, 5) is 15.3. The Morgan fingerprint density at radius 3 is 2.68 bits per heavy atom. The molecule has 0 aliphatic carbocycles. The molecule has 31 heavy (non-hydrogen) atoms. The van der Waals surface area contributed by atoms with Crippen LogP contribution >= 0.6 is 0 Å². The van der Waals surface area contributed by atoms with Crippen LogP contribution in [0.25, 0.3) is 5.82 Å². The van der Waals surface area contributed by atoms with Crippen molar-refractivity contribution in [3.63, 3.8) is 0 Å². The van der Waals surface area contributed by atoms with Crippen LogP contribution in [0.1, 0.15) is 53.5 Å². The second-order valence-electron chi connectivity index (χ2n) is 7.40. The molecule has 4 rings (SSSR count). The molecule has 0 unspecified atom stereocenters. The van der Waals surface area contributed by atoms with Crippen molar-refractivity contribution in [3.8, 4) is 5.82 Å². The topological polar surface area (TPSA) is 140 Å². The first-order valence-corrected chi connectivity index (χ1v) is 10.3. The largest absolute Gasteiger partial charge is 0.378 e. The van der Waals surface area contributed by atoms with Gasteiger partial charge in [0.2, 0.25) is 11.6 Å². The minimum absolute atomic E-state index is 0.0167. The molecular weight excluding hydrogens is 398 g/mol. The maximum atomic E-state index is 13.0. The molecule has 0 spiro atoms. The number of nitrogens with one attached hydrogen (secondary N) is 1. The highest BCUT2D eigenvalue weighted by Gasteiger charge is 2.26.